The Morgan fingerprint density at radius 1 is 1.16 bits per heavy atom. The van der Waals surface area contributed by atoms with Gasteiger partial charge in [0.05, 0.1) is 6.10 Å². The summed E-state index contributed by atoms with van der Waals surface area (Å²) >= 11 is 0. The molecule has 2 aliphatic rings. The number of hydrogen-bond donors (Lipinski definition) is 1. The molecule has 0 saturated carbocycles. The minimum absolute atomic E-state index is 0.259. The second-order valence-electron chi connectivity index (χ2n) is 5.87. The molecule has 4 nitrogen and oxygen atoms in total. The summed E-state index contributed by atoms with van der Waals surface area (Å²) in [6.45, 7) is 2.77. The van der Waals surface area contributed by atoms with Crippen LogP contribution in [0.4, 0.5) is 0 Å². The van der Waals surface area contributed by atoms with Crippen LogP contribution in [0.5, 0.6) is 0 Å². The van der Waals surface area contributed by atoms with Crippen LogP contribution in [0, 0.1) is 0 Å². The van der Waals surface area contributed by atoms with E-state index < -0.39 is 5.97 Å². The normalized spacial score (nSPS) is 29.9. The summed E-state index contributed by atoms with van der Waals surface area (Å²) in [7, 11) is 0. The zero-order valence-electron chi connectivity index (χ0n) is 11.9. The van der Waals surface area contributed by atoms with E-state index in [9.17, 15) is 9.90 Å². The van der Waals surface area contributed by atoms with Gasteiger partial charge in [-0.3, -0.25) is 9.69 Å². The number of aliphatic carboxylic acids is 1. The number of rotatable bonds is 5. The van der Waals surface area contributed by atoms with E-state index in [1.807, 2.05) is 0 Å². The quantitative estimate of drug-likeness (QED) is 0.833. The van der Waals surface area contributed by atoms with Gasteiger partial charge in [0.15, 0.2) is 0 Å². The summed E-state index contributed by atoms with van der Waals surface area (Å²) in [5.41, 5.74) is 0. The molecule has 2 saturated heterocycles. The highest BCUT2D eigenvalue weighted by molar-refractivity contribution is 5.73. The number of ether oxygens (including phenoxy) is 1. The zero-order valence-corrected chi connectivity index (χ0v) is 11.9. The Hall–Kier alpha value is -0.610. The van der Waals surface area contributed by atoms with Crippen LogP contribution in [0.25, 0.3) is 0 Å². The average molecular weight is 269 g/mol. The van der Waals surface area contributed by atoms with E-state index >= 15 is 0 Å². The minimum atomic E-state index is -0.640. The van der Waals surface area contributed by atoms with Gasteiger partial charge in [0.2, 0.25) is 0 Å². The number of nitrogens with zero attached hydrogens (tertiary/aromatic N) is 1. The fourth-order valence-corrected chi connectivity index (χ4v) is 3.29. The first kappa shape index (κ1) is 14.8. The van der Waals surface area contributed by atoms with E-state index in [4.69, 9.17) is 4.74 Å². The third kappa shape index (κ3) is 4.77. The Bertz CT molecular complexity index is 277. The highest BCUT2D eigenvalue weighted by Gasteiger charge is 2.26. The summed E-state index contributed by atoms with van der Waals surface area (Å²) in [5.74, 6) is -0.640. The van der Waals surface area contributed by atoms with Crippen LogP contribution in [-0.4, -0.2) is 47.8 Å². The lowest BCUT2D eigenvalue weighted by Gasteiger charge is -2.31. The Kier molecular flexibility index (Phi) is 6.11. The summed E-state index contributed by atoms with van der Waals surface area (Å²) in [6, 6.07) is -0.259. The topological polar surface area (TPSA) is 49.8 Å². The number of carboxylic acid groups (broad SMARTS) is 1. The van der Waals surface area contributed by atoms with E-state index in [0.717, 1.165) is 51.8 Å². The second-order valence-corrected chi connectivity index (χ2v) is 5.87. The molecule has 2 unspecified atom stereocenters. The molecule has 0 spiro atoms. The van der Waals surface area contributed by atoms with Gasteiger partial charge in [0.1, 0.15) is 6.04 Å². The van der Waals surface area contributed by atoms with Gasteiger partial charge in [-0.25, -0.2) is 0 Å². The predicted molar refractivity (Wildman–Crippen MR) is 74.3 cm³/mol. The highest BCUT2D eigenvalue weighted by Crippen LogP contribution is 2.20. The van der Waals surface area contributed by atoms with Gasteiger partial charge >= 0.3 is 5.97 Å². The van der Waals surface area contributed by atoms with Gasteiger partial charge in [-0.1, -0.05) is 19.3 Å². The Labute approximate surface area is 116 Å². The van der Waals surface area contributed by atoms with Gasteiger partial charge < -0.3 is 9.84 Å². The largest absolute Gasteiger partial charge is 0.480 e. The lowest BCUT2D eigenvalue weighted by Crippen LogP contribution is -2.43. The van der Waals surface area contributed by atoms with Crippen LogP contribution < -0.4 is 0 Å². The highest BCUT2D eigenvalue weighted by atomic mass is 16.5. The van der Waals surface area contributed by atoms with Crippen molar-refractivity contribution in [1.82, 2.24) is 4.90 Å². The molecular weight excluding hydrogens is 242 g/mol. The summed E-state index contributed by atoms with van der Waals surface area (Å²) in [6.07, 6.45) is 10.4. The van der Waals surface area contributed by atoms with Gasteiger partial charge in [-0.05, 0) is 51.6 Å². The summed E-state index contributed by atoms with van der Waals surface area (Å²) < 4.78 is 5.63. The number of hydrogen-bond acceptors (Lipinski definition) is 3. The lowest BCUT2D eigenvalue weighted by molar-refractivity contribution is -0.144. The molecule has 1 N–H and O–H groups in total. The molecule has 4 heteroatoms. The number of carboxylic acids is 1. The third-order valence-corrected chi connectivity index (χ3v) is 4.39. The van der Waals surface area contributed by atoms with Crippen LogP contribution >= 0.6 is 0 Å². The SMILES string of the molecule is O=C(O)C1CCCCCCN1CCCC1CCCO1. The maximum Gasteiger partial charge on any atom is 0.320 e. The van der Waals surface area contributed by atoms with Crippen LogP contribution in [0.2, 0.25) is 0 Å². The van der Waals surface area contributed by atoms with Crippen molar-refractivity contribution in [2.45, 2.75) is 69.9 Å². The van der Waals surface area contributed by atoms with Gasteiger partial charge in [-0.2, -0.15) is 0 Å². The molecule has 0 bridgehead atoms. The monoisotopic (exact) mass is 269 g/mol. The molecule has 0 radical (unpaired) electrons. The van der Waals surface area contributed by atoms with E-state index in [0.29, 0.717) is 6.10 Å². The lowest BCUT2D eigenvalue weighted by atomic mass is 10.0. The van der Waals surface area contributed by atoms with Crippen molar-refractivity contribution >= 4 is 5.97 Å². The first-order valence-corrected chi connectivity index (χ1v) is 7.86. The van der Waals surface area contributed by atoms with Crippen molar-refractivity contribution in [3.8, 4) is 0 Å². The van der Waals surface area contributed by atoms with Crippen molar-refractivity contribution in [2.24, 2.45) is 0 Å². The van der Waals surface area contributed by atoms with Crippen molar-refractivity contribution in [2.75, 3.05) is 19.7 Å². The first-order valence-electron chi connectivity index (χ1n) is 7.86. The molecule has 2 aliphatic heterocycles. The van der Waals surface area contributed by atoms with E-state index in [2.05, 4.69) is 4.90 Å². The third-order valence-electron chi connectivity index (χ3n) is 4.39. The van der Waals surface area contributed by atoms with Crippen molar-refractivity contribution in [1.29, 1.82) is 0 Å². The molecule has 0 amide bonds. The molecule has 2 atom stereocenters. The molecule has 2 fully saturated rings. The first-order chi connectivity index (χ1) is 9.27. The van der Waals surface area contributed by atoms with Crippen molar-refractivity contribution < 1.29 is 14.6 Å². The maximum atomic E-state index is 11.4. The Balaban J connectivity index is 1.77. The maximum absolute atomic E-state index is 11.4. The smallest absolute Gasteiger partial charge is 0.320 e. The molecule has 0 aliphatic carbocycles. The standard InChI is InChI=1S/C15H27NO3/c17-15(18)14-9-3-1-2-4-10-16(14)11-5-7-13-8-6-12-19-13/h13-14H,1-12H2,(H,17,18). The van der Waals surface area contributed by atoms with Gasteiger partial charge in [-0.15, -0.1) is 0 Å². The Morgan fingerprint density at radius 3 is 2.74 bits per heavy atom. The van der Waals surface area contributed by atoms with Crippen molar-refractivity contribution in [3.63, 3.8) is 0 Å². The fourth-order valence-electron chi connectivity index (χ4n) is 3.29. The predicted octanol–water partition coefficient (Wildman–Crippen LogP) is 2.66. The zero-order chi connectivity index (χ0) is 13.5. The van der Waals surface area contributed by atoms with Crippen LogP contribution in [-0.2, 0) is 9.53 Å². The van der Waals surface area contributed by atoms with E-state index in [1.54, 1.807) is 0 Å². The van der Waals surface area contributed by atoms with Crippen LogP contribution in [0.15, 0.2) is 0 Å². The molecule has 2 heterocycles. The average Bonchev–Trinajstić information content (AvgIpc) is 2.84. The second kappa shape index (κ2) is 7.85. The summed E-state index contributed by atoms with van der Waals surface area (Å²) in [5, 5.41) is 9.37. The molecule has 110 valence electrons. The molecule has 0 aromatic carbocycles. The van der Waals surface area contributed by atoms with E-state index in [-0.39, 0.29) is 6.04 Å². The Morgan fingerprint density at radius 2 is 2.00 bits per heavy atom. The molecule has 0 aromatic rings. The summed E-state index contributed by atoms with van der Waals surface area (Å²) in [4.78, 5) is 13.6. The molecule has 19 heavy (non-hydrogen) atoms. The molecule has 2 rings (SSSR count). The molecular formula is C15H27NO3. The van der Waals surface area contributed by atoms with Crippen molar-refractivity contribution in [3.05, 3.63) is 0 Å². The van der Waals surface area contributed by atoms with Crippen LogP contribution in [0.1, 0.15) is 57.8 Å². The van der Waals surface area contributed by atoms with E-state index in [1.165, 1.54) is 25.7 Å². The molecule has 0 aromatic heterocycles. The van der Waals surface area contributed by atoms with Gasteiger partial charge in [0, 0.05) is 6.61 Å². The van der Waals surface area contributed by atoms with Gasteiger partial charge in [0.25, 0.3) is 0 Å². The number of carbonyl (C=O) groups is 1. The fraction of sp³-hybridized carbons (Fsp3) is 0.933. The van der Waals surface area contributed by atoms with Crippen LogP contribution in [0.3, 0.4) is 0 Å². The number of likely N-dealkylation sites (tertiary alicyclic amines) is 1. The minimum Gasteiger partial charge on any atom is -0.480 e.